The molecule has 2 nitrogen and oxygen atoms in total. The first kappa shape index (κ1) is 24.8. The molecule has 0 spiro atoms. The van der Waals surface area contributed by atoms with Gasteiger partial charge in [0.05, 0.1) is 5.06 Å². The topological polar surface area (TPSA) is 32.3 Å². The SMILES string of the molecule is OC(NC1CCCCC1)=C(P(c1ccccc1)c1ccccc1)P(c1ccccc1)c1ccccc1. The summed E-state index contributed by atoms with van der Waals surface area (Å²) in [5.41, 5.74) is 0. The molecule has 0 radical (unpaired) electrons. The van der Waals surface area contributed by atoms with E-state index in [1.54, 1.807) is 0 Å². The zero-order valence-corrected chi connectivity index (χ0v) is 22.3. The highest BCUT2D eigenvalue weighted by Gasteiger charge is 2.32. The molecule has 0 aromatic heterocycles. The summed E-state index contributed by atoms with van der Waals surface area (Å²) >= 11 is 0. The van der Waals surface area contributed by atoms with Crippen LogP contribution < -0.4 is 26.5 Å². The lowest BCUT2D eigenvalue weighted by Crippen LogP contribution is -2.32. The van der Waals surface area contributed by atoms with Crippen molar-refractivity contribution in [1.82, 2.24) is 5.32 Å². The smallest absolute Gasteiger partial charge is 0.194 e. The molecular formula is C32H33NOP2. The average molecular weight is 510 g/mol. The zero-order valence-electron chi connectivity index (χ0n) is 20.5. The lowest BCUT2D eigenvalue weighted by atomic mass is 9.96. The van der Waals surface area contributed by atoms with E-state index < -0.39 is 15.8 Å². The van der Waals surface area contributed by atoms with E-state index in [4.69, 9.17) is 0 Å². The maximum atomic E-state index is 12.0. The van der Waals surface area contributed by atoms with Crippen LogP contribution in [0, 0.1) is 0 Å². The molecule has 2 N–H and O–H groups in total. The van der Waals surface area contributed by atoms with Crippen molar-refractivity contribution in [3.05, 3.63) is 132 Å². The summed E-state index contributed by atoms with van der Waals surface area (Å²) in [5.74, 6) is 0.375. The van der Waals surface area contributed by atoms with E-state index >= 15 is 0 Å². The molecule has 0 amide bonds. The quantitative estimate of drug-likeness (QED) is 0.201. The van der Waals surface area contributed by atoms with Gasteiger partial charge in [-0.1, -0.05) is 141 Å². The van der Waals surface area contributed by atoms with Crippen molar-refractivity contribution in [3.63, 3.8) is 0 Å². The van der Waals surface area contributed by atoms with E-state index in [1.807, 2.05) is 0 Å². The first-order chi connectivity index (χ1) is 17.8. The van der Waals surface area contributed by atoms with Crippen molar-refractivity contribution in [2.45, 2.75) is 38.1 Å². The van der Waals surface area contributed by atoms with E-state index in [1.165, 1.54) is 40.5 Å². The Kier molecular flexibility index (Phi) is 8.50. The maximum absolute atomic E-state index is 12.0. The molecular weight excluding hydrogens is 476 g/mol. The molecule has 0 heterocycles. The van der Waals surface area contributed by atoms with Gasteiger partial charge in [-0.25, -0.2) is 0 Å². The Bertz CT molecular complexity index is 1080. The summed E-state index contributed by atoms with van der Waals surface area (Å²) in [5, 5.41) is 21.8. The van der Waals surface area contributed by atoms with Gasteiger partial charge in [0, 0.05) is 6.04 Å². The van der Waals surface area contributed by atoms with Gasteiger partial charge in [-0.3, -0.25) is 0 Å². The average Bonchev–Trinajstić information content (AvgIpc) is 2.95. The summed E-state index contributed by atoms with van der Waals surface area (Å²) in [6.45, 7) is 0. The minimum atomic E-state index is -0.971. The lowest BCUT2D eigenvalue weighted by Gasteiger charge is -2.32. The fourth-order valence-corrected chi connectivity index (χ4v) is 11.1. The second kappa shape index (κ2) is 12.4. The first-order valence-electron chi connectivity index (χ1n) is 12.8. The highest BCUT2D eigenvalue weighted by molar-refractivity contribution is 7.94. The molecule has 182 valence electrons. The number of rotatable bonds is 8. The third kappa shape index (κ3) is 5.89. The van der Waals surface area contributed by atoms with Gasteiger partial charge in [-0.15, -0.1) is 0 Å². The molecule has 0 saturated heterocycles. The fourth-order valence-electron chi connectivity index (χ4n) is 4.91. The van der Waals surface area contributed by atoms with Gasteiger partial charge in [0.25, 0.3) is 0 Å². The molecule has 0 bridgehead atoms. The predicted molar refractivity (Wildman–Crippen MR) is 158 cm³/mol. The van der Waals surface area contributed by atoms with E-state index in [0.29, 0.717) is 11.9 Å². The highest BCUT2D eigenvalue weighted by atomic mass is 31.2. The normalized spacial score (nSPS) is 14.1. The van der Waals surface area contributed by atoms with Gasteiger partial charge in [0.2, 0.25) is 0 Å². The predicted octanol–water partition coefficient (Wildman–Crippen LogP) is 6.86. The molecule has 4 aromatic rings. The molecule has 36 heavy (non-hydrogen) atoms. The second-order valence-electron chi connectivity index (χ2n) is 9.16. The van der Waals surface area contributed by atoms with E-state index in [-0.39, 0.29) is 0 Å². The van der Waals surface area contributed by atoms with Crippen molar-refractivity contribution in [2.24, 2.45) is 0 Å². The van der Waals surface area contributed by atoms with Gasteiger partial charge >= 0.3 is 0 Å². The number of benzene rings is 4. The van der Waals surface area contributed by atoms with Crippen molar-refractivity contribution in [1.29, 1.82) is 0 Å². The summed E-state index contributed by atoms with van der Waals surface area (Å²) in [6.07, 6.45) is 5.95. The molecule has 0 atom stereocenters. The molecule has 1 saturated carbocycles. The Morgan fingerprint density at radius 3 is 1.19 bits per heavy atom. The van der Waals surface area contributed by atoms with Crippen LogP contribution in [0.15, 0.2) is 132 Å². The van der Waals surface area contributed by atoms with Gasteiger partial charge in [-0.05, 0) is 49.9 Å². The maximum Gasteiger partial charge on any atom is 0.194 e. The lowest BCUT2D eigenvalue weighted by molar-refractivity contribution is 0.304. The van der Waals surface area contributed by atoms with Crippen molar-refractivity contribution >= 4 is 37.1 Å². The van der Waals surface area contributed by atoms with E-state index in [0.717, 1.165) is 17.9 Å². The summed E-state index contributed by atoms with van der Waals surface area (Å²) < 4.78 is 0. The second-order valence-corrected chi connectivity index (χ2v) is 13.8. The van der Waals surface area contributed by atoms with Gasteiger partial charge in [-0.2, -0.15) is 0 Å². The van der Waals surface area contributed by atoms with Crippen LogP contribution in [0.5, 0.6) is 0 Å². The van der Waals surface area contributed by atoms with Crippen LogP contribution in [0.25, 0.3) is 0 Å². The third-order valence-electron chi connectivity index (χ3n) is 6.64. The molecule has 1 aliphatic rings. The Balaban J connectivity index is 1.74. The van der Waals surface area contributed by atoms with Gasteiger partial charge < -0.3 is 10.4 Å². The minimum absolute atomic E-state index is 0.320. The number of hydrogen-bond donors (Lipinski definition) is 2. The molecule has 1 fully saturated rings. The van der Waals surface area contributed by atoms with Crippen LogP contribution in [0.4, 0.5) is 0 Å². The standard InChI is InChI=1S/C32H33NOP2/c34-31(33-26-16-6-1-7-17-26)32(35(27-18-8-2-9-19-27)28-20-10-3-11-21-28)36(29-22-12-4-13-23-29)30-24-14-5-15-25-30/h2-5,8-15,18-26,33-34H,1,6-7,16-17H2. The highest BCUT2D eigenvalue weighted by Crippen LogP contribution is 2.60. The van der Waals surface area contributed by atoms with Crippen LogP contribution in [-0.2, 0) is 0 Å². The minimum Gasteiger partial charge on any atom is -0.494 e. The molecule has 0 aliphatic heterocycles. The Labute approximate surface area is 217 Å². The largest absolute Gasteiger partial charge is 0.494 e. The van der Waals surface area contributed by atoms with Gasteiger partial charge in [0.1, 0.15) is 0 Å². The molecule has 1 aliphatic carbocycles. The van der Waals surface area contributed by atoms with Gasteiger partial charge in [0.15, 0.2) is 5.88 Å². The molecule has 4 heteroatoms. The third-order valence-corrected chi connectivity index (χ3v) is 12.4. The Morgan fingerprint density at radius 1 is 0.528 bits per heavy atom. The van der Waals surface area contributed by atoms with Crippen LogP contribution in [0.2, 0.25) is 0 Å². The fraction of sp³-hybridized carbons (Fsp3) is 0.188. The number of aliphatic hydroxyl groups is 1. The van der Waals surface area contributed by atoms with Crippen LogP contribution in [-0.4, -0.2) is 11.1 Å². The van der Waals surface area contributed by atoms with Crippen LogP contribution >= 0.6 is 15.8 Å². The van der Waals surface area contributed by atoms with E-state index in [9.17, 15) is 5.11 Å². The Morgan fingerprint density at radius 2 is 0.861 bits per heavy atom. The summed E-state index contributed by atoms with van der Waals surface area (Å²) in [4.78, 5) is 0. The zero-order chi connectivity index (χ0) is 24.6. The molecule has 4 aromatic carbocycles. The van der Waals surface area contributed by atoms with Crippen molar-refractivity contribution < 1.29 is 5.11 Å². The number of hydrogen-bond acceptors (Lipinski definition) is 2. The van der Waals surface area contributed by atoms with Crippen LogP contribution in [0.1, 0.15) is 32.1 Å². The van der Waals surface area contributed by atoms with E-state index in [2.05, 4.69) is 127 Å². The summed E-state index contributed by atoms with van der Waals surface area (Å²) in [6, 6.07) is 43.3. The monoisotopic (exact) mass is 509 g/mol. The molecule has 0 unspecified atom stereocenters. The molecule has 5 rings (SSSR count). The first-order valence-corrected chi connectivity index (χ1v) is 15.5. The number of nitrogens with one attached hydrogen (secondary N) is 1. The van der Waals surface area contributed by atoms with Crippen LogP contribution in [0.3, 0.4) is 0 Å². The number of aliphatic hydroxyl groups excluding tert-OH is 1. The Hall–Kier alpha value is -2.92. The summed E-state index contributed by atoms with van der Waals surface area (Å²) in [7, 11) is -1.94. The van der Waals surface area contributed by atoms with Crippen molar-refractivity contribution in [3.8, 4) is 0 Å². The van der Waals surface area contributed by atoms with Crippen molar-refractivity contribution in [2.75, 3.05) is 0 Å².